The van der Waals surface area contributed by atoms with Gasteiger partial charge in [-0.1, -0.05) is 18.2 Å². The molecule has 0 aliphatic rings. The SMILES string of the molecule is COCC(=O)Cc1ccc(C)c(C)c1. The minimum absolute atomic E-state index is 0.121. The Balaban J connectivity index is 2.68. The van der Waals surface area contributed by atoms with Crippen LogP contribution in [0.25, 0.3) is 0 Å². The summed E-state index contributed by atoms with van der Waals surface area (Å²) in [7, 11) is 1.54. The number of rotatable bonds is 4. The number of benzene rings is 1. The van der Waals surface area contributed by atoms with Gasteiger partial charge in [0.1, 0.15) is 6.61 Å². The third-order valence-electron chi connectivity index (χ3n) is 2.28. The normalized spacial score (nSPS) is 10.2. The van der Waals surface area contributed by atoms with Gasteiger partial charge in [-0.25, -0.2) is 0 Å². The van der Waals surface area contributed by atoms with Gasteiger partial charge in [0.2, 0.25) is 0 Å². The summed E-state index contributed by atoms with van der Waals surface area (Å²) in [6.07, 6.45) is 0.467. The van der Waals surface area contributed by atoms with Gasteiger partial charge >= 0.3 is 0 Å². The number of carbonyl (C=O) groups is 1. The number of carbonyl (C=O) groups excluding carboxylic acids is 1. The van der Waals surface area contributed by atoms with Gasteiger partial charge in [-0.3, -0.25) is 4.79 Å². The van der Waals surface area contributed by atoms with Crippen LogP contribution in [0.4, 0.5) is 0 Å². The second-order valence-corrected chi connectivity index (χ2v) is 3.57. The summed E-state index contributed by atoms with van der Waals surface area (Å²) in [5.41, 5.74) is 3.55. The molecule has 0 unspecified atom stereocenters. The zero-order valence-corrected chi connectivity index (χ0v) is 8.96. The van der Waals surface area contributed by atoms with E-state index in [0.29, 0.717) is 6.42 Å². The summed E-state index contributed by atoms with van der Waals surface area (Å²) >= 11 is 0. The van der Waals surface area contributed by atoms with Crippen LogP contribution in [0.15, 0.2) is 18.2 Å². The number of ketones is 1. The van der Waals surface area contributed by atoms with Crippen molar-refractivity contribution in [3.8, 4) is 0 Å². The molecule has 2 nitrogen and oxygen atoms in total. The molecule has 76 valence electrons. The third-order valence-corrected chi connectivity index (χ3v) is 2.28. The molecule has 0 aromatic heterocycles. The molecule has 1 aromatic rings. The average molecular weight is 192 g/mol. The Morgan fingerprint density at radius 3 is 2.57 bits per heavy atom. The topological polar surface area (TPSA) is 26.3 Å². The molecule has 0 aliphatic heterocycles. The first-order valence-electron chi connectivity index (χ1n) is 4.70. The van der Waals surface area contributed by atoms with Crippen LogP contribution >= 0.6 is 0 Å². The highest BCUT2D eigenvalue weighted by molar-refractivity contribution is 5.82. The predicted octanol–water partition coefficient (Wildman–Crippen LogP) is 2.06. The van der Waals surface area contributed by atoms with Crippen molar-refractivity contribution in [2.45, 2.75) is 20.3 Å². The van der Waals surface area contributed by atoms with Gasteiger partial charge < -0.3 is 4.74 Å². The molecule has 0 heterocycles. The first-order chi connectivity index (χ1) is 6.63. The molecule has 0 radical (unpaired) electrons. The van der Waals surface area contributed by atoms with Gasteiger partial charge in [0, 0.05) is 13.5 Å². The Labute approximate surface area is 84.9 Å². The van der Waals surface area contributed by atoms with Crippen LogP contribution in [-0.4, -0.2) is 19.5 Å². The Bertz CT molecular complexity index is 329. The van der Waals surface area contributed by atoms with Crippen molar-refractivity contribution >= 4 is 5.78 Å². The van der Waals surface area contributed by atoms with Crippen molar-refractivity contribution in [3.63, 3.8) is 0 Å². The van der Waals surface area contributed by atoms with Crippen LogP contribution in [0.3, 0.4) is 0 Å². The molecule has 0 saturated carbocycles. The molecule has 0 N–H and O–H groups in total. The van der Waals surface area contributed by atoms with E-state index in [2.05, 4.69) is 19.9 Å². The maximum absolute atomic E-state index is 11.3. The Morgan fingerprint density at radius 1 is 1.29 bits per heavy atom. The second kappa shape index (κ2) is 4.91. The molecule has 1 rings (SSSR count). The van der Waals surface area contributed by atoms with Crippen LogP contribution < -0.4 is 0 Å². The smallest absolute Gasteiger partial charge is 0.162 e. The van der Waals surface area contributed by atoms with Crippen molar-refractivity contribution in [2.75, 3.05) is 13.7 Å². The maximum atomic E-state index is 11.3. The van der Waals surface area contributed by atoms with Gasteiger partial charge in [-0.2, -0.15) is 0 Å². The molecule has 0 atom stereocenters. The number of aryl methyl sites for hydroxylation is 2. The predicted molar refractivity (Wildman–Crippen MR) is 56.5 cm³/mol. The van der Waals surface area contributed by atoms with Crippen molar-refractivity contribution in [3.05, 3.63) is 34.9 Å². The number of Topliss-reactive ketones (excluding diaryl/α,β-unsaturated/α-hetero) is 1. The quantitative estimate of drug-likeness (QED) is 0.730. The fraction of sp³-hybridized carbons (Fsp3) is 0.417. The molecule has 0 aliphatic carbocycles. The monoisotopic (exact) mass is 192 g/mol. The molecule has 0 saturated heterocycles. The van der Waals surface area contributed by atoms with E-state index in [1.165, 1.54) is 18.2 Å². The van der Waals surface area contributed by atoms with Crippen molar-refractivity contribution in [1.82, 2.24) is 0 Å². The van der Waals surface area contributed by atoms with E-state index >= 15 is 0 Å². The second-order valence-electron chi connectivity index (χ2n) is 3.57. The van der Waals surface area contributed by atoms with Gasteiger partial charge in [-0.05, 0) is 30.5 Å². The first kappa shape index (κ1) is 10.9. The van der Waals surface area contributed by atoms with E-state index in [1.54, 1.807) is 0 Å². The average Bonchev–Trinajstić information content (AvgIpc) is 2.12. The van der Waals surface area contributed by atoms with Gasteiger partial charge in [0.15, 0.2) is 5.78 Å². The fourth-order valence-electron chi connectivity index (χ4n) is 1.35. The van der Waals surface area contributed by atoms with Gasteiger partial charge in [-0.15, -0.1) is 0 Å². The highest BCUT2D eigenvalue weighted by Gasteiger charge is 2.03. The summed E-state index contributed by atoms with van der Waals surface area (Å²) in [6.45, 7) is 4.32. The number of ether oxygens (including phenoxy) is 1. The molecule has 0 fully saturated rings. The number of hydrogen-bond acceptors (Lipinski definition) is 2. The van der Waals surface area contributed by atoms with Crippen molar-refractivity contribution in [2.24, 2.45) is 0 Å². The molecule has 1 aromatic carbocycles. The molecule has 0 bridgehead atoms. The highest BCUT2D eigenvalue weighted by Crippen LogP contribution is 2.10. The summed E-state index contributed by atoms with van der Waals surface area (Å²) in [4.78, 5) is 11.3. The molecule has 0 amide bonds. The van der Waals surface area contributed by atoms with E-state index in [9.17, 15) is 4.79 Å². The van der Waals surface area contributed by atoms with E-state index < -0.39 is 0 Å². The van der Waals surface area contributed by atoms with E-state index in [4.69, 9.17) is 4.74 Å². The van der Waals surface area contributed by atoms with Gasteiger partial charge in [0.05, 0.1) is 0 Å². The van der Waals surface area contributed by atoms with Crippen LogP contribution in [0.5, 0.6) is 0 Å². The molecule has 0 spiro atoms. The standard InChI is InChI=1S/C12H16O2/c1-9-4-5-11(6-10(9)2)7-12(13)8-14-3/h4-6H,7-8H2,1-3H3. The molecule has 14 heavy (non-hydrogen) atoms. The third kappa shape index (κ3) is 2.96. The summed E-state index contributed by atoms with van der Waals surface area (Å²) < 4.78 is 4.78. The van der Waals surface area contributed by atoms with Crippen LogP contribution in [0.1, 0.15) is 16.7 Å². The van der Waals surface area contributed by atoms with Crippen LogP contribution in [0.2, 0.25) is 0 Å². The van der Waals surface area contributed by atoms with Crippen LogP contribution in [-0.2, 0) is 16.0 Å². The largest absolute Gasteiger partial charge is 0.377 e. The van der Waals surface area contributed by atoms with Crippen LogP contribution in [0, 0.1) is 13.8 Å². The number of hydrogen-bond donors (Lipinski definition) is 0. The summed E-state index contributed by atoms with van der Waals surface area (Å²) in [5, 5.41) is 0. The summed E-state index contributed by atoms with van der Waals surface area (Å²) in [5.74, 6) is 0.121. The van der Waals surface area contributed by atoms with Gasteiger partial charge in [0.25, 0.3) is 0 Å². The Morgan fingerprint density at radius 2 is 2.00 bits per heavy atom. The van der Waals surface area contributed by atoms with Crippen molar-refractivity contribution < 1.29 is 9.53 Å². The lowest BCUT2D eigenvalue weighted by Gasteiger charge is -2.04. The molecular weight excluding hydrogens is 176 g/mol. The Hall–Kier alpha value is -1.15. The van der Waals surface area contributed by atoms with E-state index in [1.807, 2.05) is 12.1 Å². The fourth-order valence-corrected chi connectivity index (χ4v) is 1.35. The Kier molecular flexibility index (Phi) is 3.84. The zero-order chi connectivity index (χ0) is 10.6. The lowest BCUT2D eigenvalue weighted by molar-refractivity contribution is -0.121. The molecule has 2 heteroatoms. The first-order valence-corrected chi connectivity index (χ1v) is 4.70. The van der Waals surface area contributed by atoms with E-state index in [0.717, 1.165) is 5.56 Å². The zero-order valence-electron chi connectivity index (χ0n) is 8.96. The molecular formula is C12H16O2. The minimum atomic E-state index is 0.121. The van der Waals surface area contributed by atoms with E-state index in [-0.39, 0.29) is 12.4 Å². The lowest BCUT2D eigenvalue weighted by Crippen LogP contribution is -2.09. The summed E-state index contributed by atoms with van der Waals surface area (Å²) in [6, 6.07) is 6.10. The minimum Gasteiger partial charge on any atom is -0.377 e. The highest BCUT2D eigenvalue weighted by atomic mass is 16.5. The number of methoxy groups -OCH3 is 1. The lowest BCUT2D eigenvalue weighted by atomic mass is 10.0. The maximum Gasteiger partial charge on any atom is 0.162 e. The van der Waals surface area contributed by atoms with Crippen molar-refractivity contribution in [1.29, 1.82) is 0 Å².